The molecule has 2 aromatic carbocycles. The number of carboxylic acid groups (broad SMARTS) is 1. The molecule has 0 bridgehead atoms. The van der Waals surface area contributed by atoms with E-state index in [1.807, 2.05) is 30.3 Å². The van der Waals surface area contributed by atoms with Gasteiger partial charge in [0.05, 0.1) is 21.8 Å². The van der Waals surface area contributed by atoms with Gasteiger partial charge in [0.2, 0.25) is 5.88 Å². The number of aromatic carboxylic acids is 1. The fourth-order valence-electron chi connectivity index (χ4n) is 2.77. The minimum Gasteiger partial charge on any atom is -0.493 e. The van der Waals surface area contributed by atoms with Gasteiger partial charge in [-0.1, -0.05) is 35.6 Å². The van der Waals surface area contributed by atoms with Crippen LogP contribution in [-0.2, 0) is 7.05 Å². The monoisotopic (exact) mass is 377 g/mol. The van der Waals surface area contributed by atoms with Crippen molar-refractivity contribution in [3.05, 3.63) is 69.3 Å². The van der Waals surface area contributed by atoms with Crippen molar-refractivity contribution in [3.8, 4) is 5.88 Å². The average molecular weight is 377 g/mol. The SMILES string of the molecule is Cn1c(O)c(C=C2C=Nc3ccccc32)sc1=Nc1cccc(C(=O)O)c1. The number of hydrogen-bond donors (Lipinski definition) is 2. The third-order valence-electron chi connectivity index (χ3n) is 4.19. The van der Waals surface area contributed by atoms with E-state index in [1.54, 1.807) is 30.0 Å². The van der Waals surface area contributed by atoms with E-state index in [2.05, 4.69) is 9.98 Å². The third-order valence-corrected chi connectivity index (χ3v) is 5.26. The van der Waals surface area contributed by atoms with Gasteiger partial charge in [0.1, 0.15) is 0 Å². The molecule has 2 heterocycles. The van der Waals surface area contributed by atoms with Crippen LogP contribution in [0.1, 0.15) is 20.8 Å². The maximum atomic E-state index is 11.1. The van der Waals surface area contributed by atoms with E-state index in [0.29, 0.717) is 15.4 Å². The number of benzene rings is 2. The van der Waals surface area contributed by atoms with Gasteiger partial charge in [0.15, 0.2) is 4.80 Å². The molecule has 0 fully saturated rings. The number of aromatic nitrogens is 1. The first kappa shape index (κ1) is 17.0. The van der Waals surface area contributed by atoms with E-state index < -0.39 is 5.97 Å². The average Bonchev–Trinajstić information content (AvgIpc) is 3.19. The summed E-state index contributed by atoms with van der Waals surface area (Å²) >= 11 is 1.32. The number of nitrogens with zero attached hydrogens (tertiary/aromatic N) is 3. The molecule has 2 N–H and O–H groups in total. The number of para-hydroxylation sites is 1. The van der Waals surface area contributed by atoms with Crippen LogP contribution >= 0.6 is 11.3 Å². The molecule has 7 heteroatoms. The highest BCUT2D eigenvalue weighted by molar-refractivity contribution is 7.10. The number of aliphatic imine (C=N–C) groups is 1. The Morgan fingerprint density at radius 2 is 2.04 bits per heavy atom. The summed E-state index contributed by atoms with van der Waals surface area (Å²) in [4.78, 5) is 21.2. The molecule has 1 aromatic heterocycles. The van der Waals surface area contributed by atoms with Crippen molar-refractivity contribution in [2.45, 2.75) is 0 Å². The van der Waals surface area contributed by atoms with Crippen LogP contribution in [0.4, 0.5) is 11.4 Å². The van der Waals surface area contributed by atoms with Crippen molar-refractivity contribution in [3.63, 3.8) is 0 Å². The van der Waals surface area contributed by atoms with Crippen LogP contribution < -0.4 is 4.80 Å². The van der Waals surface area contributed by atoms with E-state index >= 15 is 0 Å². The van der Waals surface area contributed by atoms with Gasteiger partial charge in [-0.05, 0) is 30.3 Å². The van der Waals surface area contributed by atoms with Crippen LogP contribution in [0.3, 0.4) is 0 Å². The Balaban J connectivity index is 1.77. The molecule has 4 rings (SSSR count). The van der Waals surface area contributed by atoms with Gasteiger partial charge in [-0.3, -0.25) is 9.56 Å². The zero-order valence-corrected chi connectivity index (χ0v) is 15.1. The number of rotatable bonds is 3. The Hall–Kier alpha value is -3.45. The zero-order valence-electron chi connectivity index (χ0n) is 14.3. The summed E-state index contributed by atoms with van der Waals surface area (Å²) in [6, 6.07) is 14.2. The van der Waals surface area contributed by atoms with E-state index in [0.717, 1.165) is 16.8 Å². The highest BCUT2D eigenvalue weighted by atomic mass is 32.1. The lowest BCUT2D eigenvalue weighted by atomic mass is 10.1. The number of carbonyl (C=O) groups is 1. The number of thiazole rings is 1. The van der Waals surface area contributed by atoms with Crippen LogP contribution in [0.5, 0.6) is 5.88 Å². The predicted molar refractivity (Wildman–Crippen MR) is 106 cm³/mol. The van der Waals surface area contributed by atoms with Gasteiger partial charge in [-0.25, -0.2) is 9.79 Å². The second-order valence-electron chi connectivity index (χ2n) is 5.97. The van der Waals surface area contributed by atoms with Crippen LogP contribution in [0.25, 0.3) is 11.6 Å². The highest BCUT2D eigenvalue weighted by Gasteiger charge is 2.14. The lowest BCUT2D eigenvalue weighted by Gasteiger charge is -1.99. The molecule has 0 amide bonds. The van der Waals surface area contributed by atoms with Gasteiger partial charge < -0.3 is 10.2 Å². The molecule has 6 nitrogen and oxygen atoms in total. The molecule has 0 atom stereocenters. The summed E-state index contributed by atoms with van der Waals surface area (Å²) in [6.07, 6.45) is 3.65. The summed E-state index contributed by atoms with van der Waals surface area (Å²) in [6.45, 7) is 0. The Morgan fingerprint density at radius 3 is 2.85 bits per heavy atom. The Labute approximate surface area is 158 Å². The van der Waals surface area contributed by atoms with E-state index in [4.69, 9.17) is 5.11 Å². The minimum absolute atomic E-state index is 0.0958. The number of carboxylic acids is 1. The number of hydrogen-bond acceptors (Lipinski definition) is 5. The molecule has 0 unspecified atom stereocenters. The first-order chi connectivity index (χ1) is 13.0. The normalized spacial score (nSPS) is 14.7. The van der Waals surface area contributed by atoms with Crippen LogP contribution in [0.15, 0.2) is 58.5 Å². The maximum absolute atomic E-state index is 11.1. The Morgan fingerprint density at radius 1 is 1.22 bits per heavy atom. The summed E-state index contributed by atoms with van der Waals surface area (Å²) in [7, 11) is 1.71. The maximum Gasteiger partial charge on any atom is 0.335 e. The van der Waals surface area contributed by atoms with Crippen LogP contribution in [-0.4, -0.2) is 27.0 Å². The van der Waals surface area contributed by atoms with Gasteiger partial charge >= 0.3 is 5.97 Å². The van der Waals surface area contributed by atoms with E-state index in [1.165, 1.54) is 23.5 Å². The lowest BCUT2D eigenvalue weighted by molar-refractivity contribution is 0.0697. The molecule has 0 saturated carbocycles. The summed E-state index contributed by atoms with van der Waals surface area (Å²) < 4.78 is 1.57. The minimum atomic E-state index is -1.00. The van der Waals surface area contributed by atoms with Crippen molar-refractivity contribution in [1.29, 1.82) is 0 Å². The zero-order chi connectivity index (χ0) is 19.0. The Bertz CT molecular complexity index is 1190. The summed E-state index contributed by atoms with van der Waals surface area (Å²) in [5.41, 5.74) is 3.52. The first-order valence-corrected chi connectivity index (χ1v) is 8.96. The first-order valence-electron chi connectivity index (χ1n) is 8.15. The fraction of sp³-hybridized carbons (Fsp3) is 0.0500. The second-order valence-corrected chi connectivity index (χ2v) is 6.98. The molecule has 27 heavy (non-hydrogen) atoms. The number of allylic oxidation sites excluding steroid dienone is 1. The molecule has 134 valence electrons. The summed E-state index contributed by atoms with van der Waals surface area (Å²) in [5, 5.41) is 19.6. The van der Waals surface area contributed by atoms with E-state index in [9.17, 15) is 9.90 Å². The van der Waals surface area contributed by atoms with Gasteiger partial charge in [0.25, 0.3) is 0 Å². The molecule has 0 aliphatic carbocycles. The van der Waals surface area contributed by atoms with Crippen LogP contribution in [0.2, 0.25) is 0 Å². The Kier molecular flexibility index (Phi) is 4.21. The third kappa shape index (κ3) is 3.20. The van der Waals surface area contributed by atoms with Crippen molar-refractivity contribution in [2.75, 3.05) is 0 Å². The lowest BCUT2D eigenvalue weighted by Crippen LogP contribution is -2.08. The van der Waals surface area contributed by atoms with Gasteiger partial charge in [-0.15, -0.1) is 0 Å². The van der Waals surface area contributed by atoms with E-state index in [-0.39, 0.29) is 11.4 Å². The van der Waals surface area contributed by atoms with Crippen molar-refractivity contribution < 1.29 is 15.0 Å². The van der Waals surface area contributed by atoms with Gasteiger partial charge in [0, 0.05) is 24.4 Å². The van der Waals surface area contributed by atoms with Crippen LogP contribution in [0, 0.1) is 0 Å². The van der Waals surface area contributed by atoms with Crippen molar-refractivity contribution in [2.24, 2.45) is 17.0 Å². The molecule has 0 saturated heterocycles. The van der Waals surface area contributed by atoms with Crippen molar-refractivity contribution >= 4 is 46.5 Å². The number of aromatic hydroxyl groups is 1. The standard InChI is InChI=1S/C20H15N3O3S/c1-23-18(24)17(10-13-11-21-16-8-3-2-7-15(13)16)27-20(23)22-14-6-4-5-12(9-14)19(25)26/h2-11,24H,1H3,(H,25,26). The summed E-state index contributed by atoms with van der Waals surface area (Å²) in [5.74, 6) is -0.909. The molecule has 0 radical (unpaired) electrons. The molecule has 1 aliphatic rings. The topological polar surface area (TPSA) is 87.2 Å². The molecular weight excluding hydrogens is 362 g/mol. The number of fused-ring (bicyclic) bond motifs is 1. The molecule has 3 aromatic rings. The van der Waals surface area contributed by atoms with Gasteiger partial charge in [-0.2, -0.15) is 0 Å². The quantitative estimate of drug-likeness (QED) is 0.724. The smallest absolute Gasteiger partial charge is 0.335 e. The fourth-order valence-corrected chi connectivity index (χ4v) is 3.76. The molecule has 1 aliphatic heterocycles. The second kappa shape index (κ2) is 6.69. The largest absolute Gasteiger partial charge is 0.493 e. The van der Waals surface area contributed by atoms with Crippen molar-refractivity contribution in [1.82, 2.24) is 4.57 Å². The predicted octanol–water partition coefficient (Wildman–Crippen LogP) is 3.98. The molecule has 0 spiro atoms. The molecular formula is C20H15N3O3S. The highest BCUT2D eigenvalue weighted by Crippen LogP contribution is 2.34.